The topological polar surface area (TPSA) is 56.8 Å². The maximum absolute atomic E-state index is 12.2. The van der Waals surface area contributed by atoms with Crippen molar-refractivity contribution in [2.75, 3.05) is 13.9 Å². The van der Waals surface area contributed by atoms with E-state index < -0.39 is 0 Å². The molecule has 1 heterocycles. The molecule has 0 spiro atoms. The van der Waals surface area contributed by atoms with Crippen molar-refractivity contribution in [2.45, 2.75) is 6.54 Å². The molecule has 3 rings (SSSR count). The van der Waals surface area contributed by atoms with E-state index in [9.17, 15) is 4.79 Å². The van der Waals surface area contributed by atoms with E-state index in [2.05, 4.69) is 5.32 Å². The van der Waals surface area contributed by atoms with Gasteiger partial charge in [0.15, 0.2) is 11.5 Å². The Bertz CT molecular complexity index is 717. The first kappa shape index (κ1) is 14.5. The summed E-state index contributed by atoms with van der Waals surface area (Å²) < 4.78 is 15.6. The molecule has 1 amide bonds. The highest BCUT2D eigenvalue weighted by atomic mass is 35.5. The molecule has 0 fully saturated rings. The van der Waals surface area contributed by atoms with E-state index in [1.807, 2.05) is 18.2 Å². The number of ether oxygens (including phenoxy) is 3. The molecule has 0 bridgehead atoms. The molecular weight excluding hydrogens is 306 g/mol. The van der Waals surface area contributed by atoms with E-state index in [0.717, 1.165) is 5.56 Å². The van der Waals surface area contributed by atoms with Gasteiger partial charge in [-0.1, -0.05) is 17.7 Å². The third-order valence-corrected chi connectivity index (χ3v) is 3.62. The third kappa shape index (κ3) is 2.94. The summed E-state index contributed by atoms with van der Waals surface area (Å²) in [5.74, 6) is 1.77. The monoisotopic (exact) mass is 319 g/mol. The molecule has 0 atom stereocenters. The largest absolute Gasteiger partial charge is 0.497 e. The fourth-order valence-corrected chi connectivity index (χ4v) is 2.39. The number of halogens is 1. The smallest absolute Gasteiger partial charge is 0.253 e. The summed E-state index contributed by atoms with van der Waals surface area (Å²) >= 11 is 6.08. The van der Waals surface area contributed by atoms with Crippen molar-refractivity contribution in [1.29, 1.82) is 0 Å². The molecule has 1 N–H and O–H groups in total. The number of nitrogens with one attached hydrogen (secondary N) is 1. The van der Waals surface area contributed by atoms with Crippen LogP contribution in [0.2, 0.25) is 5.02 Å². The number of carbonyl (C=O) groups excluding carboxylic acids is 1. The summed E-state index contributed by atoms with van der Waals surface area (Å²) in [5.41, 5.74) is 1.32. The fourth-order valence-electron chi connectivity index (χ4n) is 2.14. The zero-order valence-electron chi connectivity index (χ0n) is 11.9. The Labute approximate surface area is 132 Å². The van der Waals surface area contributed by atoms with E-state index in [-0.39, 0.29) is 12.7 Å². The zero-order valence-corrected chi connectivity index (χ0v) is 12.6. The first-order chi connectivity index (χ1) is 10.7. The summed E-state index contributed by atoms with van der Waals surface area (Å²) in [6.45, 7) is 0.602. The Morgan fingerprint density at radius 1 is 1.23 bits per heavy atom. The zero-order chi connectivity index (χ0) is 15.5. The van der Waals surface area contributed by atoms with Crippen molar-refractivity contribution in [3.05, 3.63) is 52.5 Å². The molecule has 0 aromatic heterocycles. The van der Waals surface area contributed by atoms with Crippen molar-refractivity contribution in [3.8, 4) is 17.2 Å². The number of amides is 1. The molecule has 5 nitrogen and oxygen atoms in total. The number of benzene rings is 2. The molecule has 0 unspecified atom stereocenters. The summed E-state index contributed by atoms with van der Waals surface area (Å²) in [6, 6.07) is 10.5. The highest BCUT2D eigenvalue weighted by Crippen LogP contribution is 2.32. The van der Waals surface area contributed by atoms with Gasteiger partial charge in [-0.25, -0.2) is 0 Å². The molecule has 114 valence electrons. The number of methoxy groups -OCH3 is 1. The van der Waals surface area contributed by atoms with Gasteiger partial charge in [-0.3, -0.25) is 4.79 Å². The van der Waals surface area contributed by atoms with Crippen LogP contribution in [0.4, 0.5) is 0 Å². The average molecular weight is 320 g/mol. The second-order valence-corrected chi connectivity index (χ2v) is 5.12. The van der Waals surface area contributed by atoms with E-state index in [1.165, 1.54) is 0 Å². The molecule has 6 heteroatoms. The molecule has 1 aliphatic heterocycles. The predicted molar refractivity (Wildman–Crippen MR) is 81.7 cm³/mol. The third-order valence-electron chi connectivity index (χ3n) is 3.31. The van der Waals surface area contributed by atoms with Gasteiger partial charge in [-0.05, 0) is 35.9 Å². The number of carbonyl (C=O) groups is 1. The second-order valence-electron chi connectivity index (χ2n) is 4.72. The first-order valence-corrected chi connectivity index (χ1v) is 7.05. The molecule has 0 aliphatic carbocycles. The van der Waals surface area contributed by atoms with E-state index in [0.29, 0.717) is 34.4 Å². The van der Waals surface area contributed by atoms with Crippen LogP contribution in [-0.4, -0.2) is 19.8 Å². The Morgan fingerprint density at radius 2 is 2.05 bits per heavy atom. The standard InChI is InChI=1S/C16H14ClNO4/c1-20-11-3-4-12(13(17)7-11)16(19)18-8-10-2-5-14-15(6-10)22-9-21-14/h2-7H,8-9H2,1H3,(H,18,19). The van der Waals surface area contributed by atoms with Gasteiger partial charge < -0.3 is 19.5 Å². The van der Waals surface area contributed by atoms with Crippen molar-refractivity contribution in [3.63, 3.8) is 0 Å². The molecule has 22 heavy (non-hydrogen) atoms. The minimum atomic E-state index is -0.245. The molecule has 1 aliphatic rings. The lowest BCUT2D eigenvalue weighted by molar-refractivity contribution is 0.0951. The van der Waals surface area contributed by atoms with Crippen LogP contribution in [-0.2, 0) is 6.54 Å². The summed E-state index contributed by atoms with van der Waals surface area (Å²) in [7, 11) is 1.55. The maximum atomic E-state index is 12.2. The van der Waals surface area contributed by atoms with Crippen LogP contribution in [0.15, 0.2) is 36.4 Å². The van der Waals surface area contributed by atoms with Gasteiger partial charge in [0.25, 0.3) is 5.91 Å². The maximum Gasteiger partial charge on any atom is 0.253 e. The summed E-state index contributed by atoms with van der Waals surface area (Å²) in [4.78, 5) is 12.2. The van der Waals surface area contributed by atoms with Gasteiger partial charge in [0.2, 0.25) is 6.79 Å². The summed E-state index contributed by atoms with van der Waals surface area (Å²) in [6.07, 6.45) is 0. The highest BCUT2D eigenvalue weighted by Gasteiger charge is 2.14. The minimum Gasteiger partial charge on any atom is -0.497 e. The quantitative estimate of drug-likeness (QED) is 0.941. The number of fused-ring (bicyclic) bond motifs is 1. The molecular formula is C16H14ClNO4. The number of hydrogen-bond donors (Lipinski definition) is 1. The van der Waals surface area contributed by atoms with Crippen LogP contribution in [0, 0.1) is 0 Å². The van der Waals surface area contributed by atoms with E-state index >= 15 is 0 Å². The Hall–Kier alpha value is -2.40. The molecule has 0 saturated carbocycles. The Balaban J connectivity index is 1.67. The van der Waals surface area contributed by atoms with Crippen LogP contribution in [0.25, 0.3) is 0 Å². The first-order valence-electron chi connectivity index (χ1n) is 6.67. The molecule has 2 aromatic rings. The van der Waals surface area contributed by atoms with Gasteiger partial charge in [0.1, 0.15) is 5.75 Å². The molecule has 0 radical (unpaired) electrons. The van der Waals surface area contributed by atoms with Gasteiger partial charge in [0, 0.05) is 6.54 Å². The van der Waals surface area contributed by atoms with Crippen LogP contribution in [0.5, 0.6) is 17.2 Å². The average Bonchev–Trinajstić information content (AvgIpc) is 3.00. The van der Waals surface area contributed by atoms with Crippen LogP contribution in [0.3, 0.4) is 0 Å². The normalized spacial score (nSPS) is 12.1. The lowest BCUT2D eigenvalue weighted by Crippen LogP contribution is -2.23. The van der Waals surface area contributed by atoms with E-state index in [4.69, 9.17) is 25.8 Å². The van der Waals surface area contributed by atoms with Crippen molar-refractivity contribution < 1.29 is 19.0 Å². The lowest BCUT2D eigenvalue weighted by Gasteiger charge is -2.08. The lowest BCUT2D eigenvalue weighted by atomic mass is 10.1. The highest BCUT2D eigenvalue weighted by molar-refractivity contribution is 6.34. The van der Waals surface area contributed by atoms with Crippen LogP contribution < -0.4 is 19.5 Å². The minimum absolute atomic E-state index is 0.229. The van der Waals surface area contributed by atoms with Gasteiger partial charge in [-0.2, -0.15) is 0 Å². The van der Waals surface area contributed by atoms with E-state index in [1.54, 1.807) is 25.3 Å². The number of hydrogen-bond acceptors (Lipinski definition) is 4. The van der Waals surface area contributed by atoms with Crippen molar-refractivity contribution >= 4 is 17.5 Å². The Kier molecular flexibility index (Phi) is 4.06. The van der Waals surface area contributed by atoms with Gasteiger partial charge >= 0.3 is 0 Å². The SMILES string of the molecule is COc1ccc(C(=O)NCc2ccc3c(c2)OCO3)c(Cl)c1. The molecule has 0 saturated heterocycles. The van der Waals surface area contributed by atoms with Crippen molar-refractivity contribution in [1.82, 2.24) is 5.32 Å². The Morgan fingerprint density at radius 3 is 2.82 bits per heavy atom. The van der Waals surface area contributed by atoms with Crippen LogP contribution >= 0.6 is 11.6 Å². The second kappa shape index (κ2) is 6.15. The van der Waals surface area contributed by atoms with Crippen molar-refractivity contribution in [2.24, 2.45) is 0 Å². The van der Waals surface area contributed by atoms with Crippen LogP contribution in [0.1, 0.15) is 15.9 Å². The summed E-state index contributed by atoms with van der Waals surface area (Å²) in [5, 5.41) is 3.17. The molecule has 2 aromatic carbocycles. The van der Waals surface area contributed by atoms with Gasteiger partial charge in [-0.15, -0.1) is 0 Å². The van der Waals surface area contributed by atoms with Gasteiger partial charge in [0.05, 0.1) is 17.7 Å². The number of rotatable bonds is 4. The predicted octanol–water partition coefficient (Wildman–Crippen LogP) is 3.01. The fraction of sp³-hybridized carbons (Fsp3) is 0.188.